The maximum atomic E-state index is 13.4. The van der Waals surface area contributed by atoms with Crippen LogP contribution in [0.4, 0.5) is 8.78 Å². The van der Waals surface area contributed by atoms with Gasteiger partial charge in [-0.2, -0.15) is 0 Å². The summed E-state index contributed by atoms with van der Waals surface area (Å²) in [6.07, 6.45) is 0. The van der Waals surface area contributed by atoms with Crippen molar-refractivity contribution in [3.05, 3.63) is 64.2 Å². The van der Waals surface area contributed by atoms with Crippen LogP contribution >= 0.6 is 27.5 Å². The Labute approximate surface area is 123 Å². The standard InChI is InChI=1S/C14H10BrClF2O/c15-7-10-5-11(16)2-4-14(10)19-8-9-1-3-12(17)6-13(9)18/h1-6H,7-8H2. The van der Waals surface area contributed by atoms with Crippen LogP contribution in [0, 0.1) is 11.6 Å². The molecule has 0 aliphatic heterocycles. The second-order valence-electron chi connectivity index (χ2n) is 3.91. The number of benzene rings is 2. The molecule has 0 saturated carbocycles. The second-order valence-corrected chi connectivity index (χ2v) is 4.91. The van der Waals surface area contributed by atoms with E-state index < -0.39 is 11.6 Å². The first-order valence-electron chi connectivity index (χ1n) is 5.51. The van der Waals surface area contributed by atoms with Crippen molar-refractivity contribution < 1.29 is 13.5 Å². The van der Waals surface area contributed by atoms with Gasteiger partial charge in [-0.15, -0.1) is 0 Å². The van der Waals surface area contributed by atoms with Crippen molar-refractivity contribution in [3.63, 3.8) is 0 Å². The molecule has 0 aliphatic carbocycles. The zero-order valence-electron chi connectivity index (χ0n) is 9.80. The van der Waals surface area contributed by atoms with E-state index in [1.54, 1.807) is 18.2 Å². The van der Waals surface area contributed by atoms with Crippen LogP contribution < -0.4 is 4.74 Å². The fraction of sp³-hybridized carbons (Fsp3) is 0.143. The topological polar surface area (TPSA) is 9.23 Å². The molecule has 0 unspecified atom stereocenters. The quantitative estimate of drug-likeness (QED) is 0.700. The van der Waals surface area contributed by atoms with Crippen molar-refractivity contribution in [1.82, 2.24) is 0 Å². The Morgan fingerprint density at radius 2 is 1.84 bits per heavy atom. The molecule has 0 atom stereocenters. The molecule has 0 spiro atoms. The molecule has 0 saturated heterocycles. The van der Waals surface area contributed by atoms with Gasteiger partial charge in [0.2, 0.25) is 0 Å². The number of ether oxygens (including phenoxy) is 1. The highest BCUT2D eigenvalue weighted by atomic mass is 79.9. The Hall–Kier alpha value is -1.13. The zero-order valence-corrected chi connectivity index (χ0v) is 12.1. The fourth-order valence-electron chi connectivity index (χ4n) is 1.59. The Kier molecular flexibility index (Phi) is 4.77. The molecule has 2 aromatic rings. The van der Waals surface area contributed by atoms with Crippen molar-refractivity contribution in [2.75, 3.05) is 0 Å². The van der Waals surface area contributed by atoms with Gasteiger partial charge in [0.25, 0.3) is 0 Å². The third-order valence-electron chi connectivity index (χ3n) is 2.56. The summed E-state index contributed by atoms with van der Waals surface area (Å²) in [5, 5.41) is 1.18. The van der Waals surface area contributed by atoms with Gasteiger partial charge in [-0.25, -0.2) is 8.78 Å². The average Bonchev–Trinajstić information content (AvgIpc) is 2.39. The smallest absolute Gasteiger partial charge is 0.132 e. The van der Waals surface area contributed by atoms with E-state index in [2.05, 4.69) is 15.9 Å². The maximum absolute atomic E-state index is 13.4. The van der Waals surface area contributed by atoms with E-state index in [9.17, 15) is 8.78 Å². The van der Waals surface area contributed by atoms with Gasteiger partial charge >= 0.3 is 0 Å². The molecule has 0 N–H and O–H groups in total. The number of rotatable bonds is 4. The molecule has 0 amide bonds. The summed E-state index contributed by atoms with van der Waals surface area (Å²) in [5.74, 6) is -0.603. The summed E-state index contributed by atoms with van der Waals surface area (Å²) in [5.41, 5.74) is 1.17. The maximum Gasteiger partial charge on any atom is 0.132 e. The monoisotopic (exact) mass is 346 g/mol. The molecule has 19 heavy (non-hydrogen) atoms. The summed E-state index contributed by atoms with van der Waals surface area (Å²) < 4.78 is 31.8. The van der Waals surface area contributed by atoms with Crippen LogP contribution in [0.3, 0.4) is 0 Å². The molecule has 0 radical (unpaired) electrons. The number of alkyl halides is 1. The molecular weight excluding hydrogens is 338 g/mol. The Morgan fingerprint density at radius 3 is 2.53 bits per heavy atom. The molecule has 0 fully saturated rings. The van der Waals surface area contributed by atoms with Gasteiger partial charge in [-0.05, 0) is 30.3 Å². The SMILES string of the molecule is Fc1ccc(COc2ccc(Cl)cc2CBr)c(F)c1. The first-order valence-corrected chi connectivity index (χ1v) is 7.01. The van der Waals surface area contributed by atoms with Crippen LogP contribution in [-0.2, 0) is 11.9 Å². The normalized spacial score (nSPS) is 10.5. The first-order chi connectivity index (χ1) is 9.10. The highest BCUT2D eigenvalue weighted by molar-refractivity contribution is 9.08. The van der Waals surface area contributed by atoms with E-state index in [1.807, 2.05) is 0 Å². The number of halogens is 4. The second kappa shape index (κ2) is 6.35. The lowest BCUT2D eigenvalue weighted by Crippen LogP contribution is -2.00. The molecule has 5 heteroatoms. The summed E-state index contributed by atoms with van der Waals surface area (Å²) >= 11 is 9.21. The van der Waals surface area contributed by atoms with Gasteiger partial charge in [-0.1, -0.05) is 27.5 Å². The van der Waals surface area contributed by atoms with Crippen LogP contribution in [0.25, 0.3) is 0 Å². The van der Waals surface area contributed by atoms with Crippen LogP contribution in [-0.4, -0.2) is 0 Å². The first kappa shape index (κ1) is 14.3. The highest BCUT2D eigenvalue weighted by Crippen LogP contribution is 2.26. The highest BCUT2D eigenvalue weighted by Gasteiger charge is 2.07. The van der Waals surface area contributed by atoms with Gasteiger partial charge in [-0.3, -0.25) is 0 Å². The third kappa shape index (κ3) is 3.67. The molecule has 2 rings (SSSR count). The summed E-state index contributed by atoms with van der Waals surface area (Å²) in [6.45, 7) is 0.0355. The Bertz CT molecular complexity index is 590. The molecule has 0 heterocycles. The molecular formula is C14H10BrClF2O. The van der Waals surface area contributed by atoms with Crippen LogP contribution in [0.15, 0.2) is 36.4 Å². The summed E-state index contributed by atoms with van der Waals surface area (Å²) in [6, 6.07) is 8.60. The van der Waals surface area contributed by atoms with E-state index in [1.165, 1.54) is 12.1 Å². The number of hydrogen-bond acceptors (Lipinski definition) is 1. The summed E-state index contributed by atoms with van der Waals surface area (Å²) in [7, 11) is 0. The minimum atomic E-state index is -0.616. The van der Waals surface area contributed by atoms with Crippen molar-refractivity contribution in [3.8, 4) is 5.75 Å². The van der Waals surface area contributed by atoms with Gasteiger partial charge in [0.05, 0.1) is 0 Å². The minimum absolute atomic E-state index is 0.0355. The molecule has 2 aromatic carbocycles. The van der Waals surface area contributed by atoms with Gasteiger partial charge < -0.3 is 4.74 Å². The van der Waals surface area contributed by atoms with E-state index in [4.69, 9.17) is 16.3 Å². The van der Waals surface area contributed by atoms with E-state index in [0.29, 0.717) is 21.7 Å². The predicted molar refractivity (Wildman–Crippen MR) is 74.8 cm³/mol. The molecule has 1 nitrogen and oxygen atoms in total. The number of hydrogen-bond donors (Lipinski definition) is 0. The molecule has 0 aliphatic rings. The average molecular weight is 348 g/mol. The van der Waals surface area contributed by atoms with Crippen LogP contribution in [0.5, 0.6) is 5.75 Å². The van der Waals surface area contributed by atoms with E-state index in [-0.39, 0.29) is 6.61 Å². The molecule has 0 aromatic heterocycles. The van der Waals surface area contributed by atoms with Gasteiger partial charge in [0.1, 0.15) is 24.0 Å². The van der Waals surface area contributed by atoms with Crippen LogP contribution in [0.2, 0.25) is 5.02 Å². The molecule has 0 bridgehead atoms. The predicted octanol–water partition coefficient (Wildman–Crippen LogP) is 5.09. The summed E-state index contributed by atoms with van der Waals surface area (Å²) in [4.78, 5) is 0. The Morgan fingerprint density at radius 1 is 1.05 bits per heavy atom. The van der Waals surface area contributed by atoms with Crippen molar-refractivity contribution in [2.24, 2.45) is 0 Å². The minimum Gasteiger partial charge on any atom is -0.488 e. The lowest BCUT2D eigenvalue weighted by atomic mass is 10.2. The molecule has 100 valence electrons. The lowest BCUT2D eigenvalue weighted by Gasteiger charge is -2.11. The van der Waals surface area contributed by atoms with E-state index >= 15 is 0 Å². The van der Waals surface area contributed by atoms with Crippen molar-refractivity contribution >= 4 is 27.5 Å². The van der Waals surface area contributed by atoms with Crippen LogP contribution in [0.1, 0.15) is 11.1 Å². The Balaban J connectivity index is 2.14. The van der Waals surface area contributed by atoms with Crippen molar-refractivity contribution in [2.45, 2.75) is 11.9 Å². The third-order valence-corrected chi connectivity index (χ3v) is 3.40. The van der Waals surface area contributed by atoms with Gasteiger partial charge in [0, 0.05) is 27.5 Å². The van der Waals surface area contributed by atoms with E-state index in [0.717, 1.165) is 11.6 Å². The lowest BCUT2D eigenvalue weighted by molar-refractivity contribution is 0.297. The largest absolute Gasteiger partial charge is 0.488 e. The van der Waals surface area contributed by atoms with Gasteiger partial charge in [0.15, 0.2) is 0 Å². The zero-order chi connectivity index (χ0) is 13.8. The fourth-order valence-corrected chi connectivity index (χ4v) is 2.22. The van der Waals surface area contributed by atoms with Crippen molar-refractivity contribution in [1.29, 1.82) is 0 Å².